The summed E-state index contributed by atoms with van der Waals surface area (Å²) in [7, 11) is 0. The van der Waals surface area contributed by atoms with Crippen molar-refractivity contribution >= 4 is 0 Å². The van der Waals surface area contributed by atoms with Crippen molar-refractivity contribution in [2.75, 3.05) is 0 Å². The topological polar surface area (TPSA) is 25.8 Å². The number of pyridine rings is 2. The molecule has 0 N–H and O–H groups in total. The maximum atomic E-state index is 5.05. The average Bonchev–Trinajstić information content (AvgIpc) is 3.24. The summed E-state index contributed by atoms with van der Waals surface area (Å²) in [5.41, 5.74) is 20.3. The highest BCUT2D eigenvalue weighted by Gasteiger charge is 2.38. The van der Waals surface area contributed by atoms with Gasteiger partial charge in [-0.3, -0.25) is 9.97 Å². The standard InChI is InChI=1S/C56H56N2/c1-53(2)28-30-55(5,6)49-33-39(20-24-47(49)53)51-26-22-41(35-57-51)45-18-11-9-16-43(45)37-14-13-15-38(32-37)44-17-10-12-19-46(44)42-23-27-52(58-36-42)40-21-25-48-50(34-40)56(7,8)31-29-54(48,3)4/h9-27,32-36H,28-31H2,1-8H3. The van der Waals surface area contributed by atoms with Crippen LogP contribution in [0.5, 0.6) is 0 Å². The summed E-state index contributed by atoms with van der Waals surface area (Å²) in [4.78, 5) is 10.1. The smallest absolute Gasteiger partial charge is 0.0702 e. The second kappa shape index (κ2) is 14.0. The molecule has 2 aliphatic rings. The van der Waals surface area contributed by atoms with Crippen molar-refractivity contribution in [3.63, 3.8) is 0 Å². The summed E-state index contributed by atoms with van der Waals surface area (Å²) >= 11 is 0. The molecule has 0 saturated heterocycles. The van der Waals surface area contributed by atoms with Gasteiger partial charge in [0.1, 0.15) is 0 Å². The number of benzene rings is 5. The Labute approximate surface area is 346 Å². The third-order valence-electron chi connectivity index (χ3n) is 13.8. The van der Waals surface area contributed by atoms with Crippen LogP contribution in [0.4, 0.5) is 0 Å². The Hall–Kier alpha value is -5.60. The molecule has 5 aromatic carbocycles. The predicted molar refractivity (Wildman–Crippen MR) is 245 cm³/mol. The quantitative estimate of drug-likeness (QED) is 0.169. The van der Waals surface area contributed by atoms with Gasteiger partial charge in [0.05, 0.1) is 11.4 Å². The van der Waals surface area contributed by atoms with Crippen LogP contribution in [0.3, 0.4) is 0 Å². The molecular formula is C56H56N2. The Kier molecular flexibility index (Phi) is 9.19. The number of aromatic nitrogens is 2. The van der Waals surface area contributed by atoms with Gasteiger partial charge >= 0.3 is 0 Å². The molecule has 0 fully saturated rings. The molecule has 7 aromatic rings. The molecule has 58 heavy (non-hydrogen) atoms. The lowest BCUT2D eigenvalue weighted by atomic mass is 9.63. The number of hydrogen-bond donors (Lipinski definition) is 0. The van der Waals surface area contributed by atoms with Gasteiger partial charge < -0.3 is 0 Å². The number of fused-ring (bicyclic) bond motifs is 2. The fraction of sp³-hybridized carbons (Fsp3) is 0.286. The zero-order valence-electron chi connectivity index (χ0n) is 35.6. The Morgan fingerprint density at radius 3 is 1.02 bits per heavy atom. The highest BCUT2D eigenvalue weighted by molar-refractivity contribution is 5.89. The van der Waals surface area contributed by atoms with Gasteiger partial charge in [0, 0.05) is 34.6 Å². The highest BCUT2D eigenvalue weighted by Crippen LogP contribution is 2.48. The molecule has 0 unspecified atom stereocenters. The molecule has 2 aliphatic carbocycles. The van der Waals surface area contributed by atoms with E-state index in [0.29, 0.717) is 0 Å². The molecule has 0 aliphatic heterocycles. The van der Waals surface area contributed by atoms with Crippen molar-refractivity contribution in [3.8, 4) is 67.0 Å². The molecule has 0 spiro atoms. The summed E-state index contributed by atoms with van der Waals surface area (Å²) in [5, 5.41) is 0. The third kappa shape index (κ3) is 6.81. The molecule has 9 rings (SSSR count). The minimum Gasteiger partial charge on any atom is -0.256 e. The summed E-state index contributed by atoms with van der Waals surface area (Å²) in [6, 6.07) is 49.2. The molecular weight excluding hydrogens is 701 g/mol. The average molecular weight is 757 g/mol. The molecule has 0 atom stereocenters. The van der Waals surface area contributed by atoms with E-state index in [4.69, 9.17) is 9.97 Å². The Morgan fingerprint density at radius 1 is 0.310 bits per heavy atom. The van der Waals surface area contributed by atoms with Crippen LogP contribution in [0.25, 0.3) is 67.0 Å². The van der Waals surface area contributed by atoms with Gasteiger partial charge in [-0.15, -0.1) is 0 Å². The minimum atomic E-state index is 0.161. The summed E-state index contributed by atoms with van der Waals surface area (Å²) in [5.74, 6) is 0. The maximum Gasteiger partial charge on any atom is 0.0702 e. The van der Waals surface area contributed by atoms with E-state index in [2.05, 4.69) is 189 Å². The van der Waals surface area contributed by atoms with Crippen molar-refractivity contribution in [1.82, 2.24) is 9.97 Å². The first kappa shape index (κ1) is 37.9. The maximum absolute atomic E-state index is 5.05. The number of rotatable bonds is 6. The first-order valence-corrected chi connectivity index (χ1v) is 21.2. The van der Waals surface area contributed by atoms with Crippen LogP contribution < -0.4 is 0 Å². The van der Waals surface area contributed by atoms with E-state index in [1.165, 1.54) is 92.4 Å². The Balaban J connectivity index is 1.01. The second-order valence-corrected chi connectivity index (χ2v) is 19.6. The SMILES string of the molecule is CC1(C)CCC(C)(C)c2cc(-c3ccc(-c4ccccc4-c4cccc(-c5ccccc5-c5ccc(-c6ccc7c(c6)C(C)(C)CCC7(C)C)nc5)c4)cn3)ccc21. The molecule has 0 radical (unpaired) electrons. The second-order valence-electron chi connectivity index (χ2n) is 19.6. The summed E-state index contributed by atoms with van der Waals surface area (Å²) in [6.07, 6.45) is 8.92. The predicted octanol–water partition coefficient (Wildman–Crippen LogP) is 15.2. The number of nitrogens with zero attached hydrogens (tertiary/aromatic N) is 2. The lowest BCUT2D eigenvalue weighted by Gasteiger charge is -2.42. The van der Waals surface area contributed by atoms with Crippen LogP contribution in [-0.2, 0) is 21.7 Å². The molecule has 290 valence electrons. The van der Waals surface area contributed by atoms with E-state index in [1.807, 2.05) is 12.4 Å². The Bertz CT molecular complexity index is 2470. The first-order valence-electron chi connectivity index (χ1n) is 21.2. The van der Waals surface area contributed by atoms with Gasteiger partial charge in [0.25, 0.3) is 0 Å². The lowest BCUT2D eigenvalue weighted by molar-refractivity contribution is 0.332. The lowest BCUT2D eigenvalue weighted by Crippen LogP contribution is -2.33. The van der Waals surface area contributed by atoms with Gasteiger partial charge in [-0.2, -0.15) is 0 Å². The van der Waals surface area contributed by atoms with Gasteiger partial charge in [-0.25, -0.2) is 0 Å². The summed E-state index contributed by atoms with van der Waals surface area (Å²) < 4.78 is 0. The van der Waals surface area contributed by atoms with Gasteiger partial charge in [-0.05, 0) is 133 Å². The normalized spacial score (nSPS) is 17.2. The Morgan fingerprint density at radius 2 is 0.655 bits per heavy atom. The van der Waals surface area contributed by atoms with Crippen molar-refractivity contribution in [3.05, 3.63) is 168 Å². The minimum absolute atomic E-state index is 0.161. The molecule has 0 saturated carbocycles. The van der Waals surface area contributed by atoms with E-state index in [1.54, 1.807) is 0 Å². The summed E-state index contributed by atoms with van der Waals surface area (Å²) in [6.45, 7) is 19.1. The van der Waals surface area contributed by atoms with Crippen molar-refractivity contribution in [1.29, 1.82) is 0 Å². The van der Waals surface area contributed by atoms with Crippen LogP contribution in [0.15, 0.2) is 146 Å². The van der Waals surface area contributed by atoms with E-state index in [-0.39, 0.29) is 21.7 Å². The van der Waals surface area contributed by atoms with E-state index in [9.17, 15) is 0 Å². The zero-order valence-corrected chi connectivity index (χ0v) is 35.6. The molecule has 0 bridgehead atoms. The van der Waals surface area contributed by atoms with Gasteiger partial charge in [0.15, 0.2) is 0 Å². The van der Waals surface area contributed by atoms with E-state index >= 15 is 0 Å². The molecule has 2 heteroatoms. The van der Waals surface area contributed by atoms with Crippen LogP contribution in [0.1, 0.15) is 103 Å². The van der Waals surface area contributed by atoms with E-state index in [0.717, 1.165) is 22.5 Å². The van der Waals surface area contributed by atoms with E-state index < -0.39 is 0 Å². The largest absolute Gasteiger partial charge is 0.256 e. The molecule has 2 heterocycles. The fourth-order valence-corrected chi connectivity index (χ4v) is 9.77. The van der Waals surface area contributed by atoms with Crippen LogP contribution in [0, 0.1) is 0 Å². The third-order valence-corrected chi connectivity index (χ3v) is 13.8. The highest BCUT2D eigenvalue weighted by atomic mass is 14.7. The first-order chi connectivity index (χ1) is 27.7. The van der Waals surface area contributed by atoms with Crippen molar-refractivity contribution < 1.29 is 0 Å². The van der Waals surface area contributed by atoms with Crippen LogP contribution in [-0.4, -0.2) is 9.97 Å². The van der Waals surface area contributed by atoms with Gasteiger partial charge in [0.2, 0.25) is 0 Å². The monoisotopic (exact) mass is 756 g/mol. The van der Waals surface area contributed by atoms with Crippen molar-refractivity contribution in [2.45, 2.75) is 103 Å². The molecule has 0 amide bonds. The van der Waals surface area contributed by atoms with Crippen LogP contribution >= 0.6 is 0 Å². The number of hydrogen-bond acceptors (Lipinski definition) is 2. The molecule has 2 nitrogen and oxygen atoms in total. The molecule has 2 aromatic heterocycles. The van der Waals surface area contributed by atoms with Crippen molar-refractivity contribution in [2.24, 2.45) is 0 Å². The fourth-order valence-electron chi connectivity index (χ4n) is 9.77. The zero-order chi connectivity index (χ0) is 40.5. The van der Waals surface area contributed by atoms with Gasteiger partial charge in [-0.1, -0.05) is 159 Å². The van der Waals surface area contributed by atoms with Crippen LogP contribution in [0.2, 0.25) is 0 Å².